The summed E-state index contributed by atoms with van der Waals surface area (Å²) in [5.41, 5.74) is 0.689. The molecule has 1 fully saturated rings. The van der Waals surface area contributed by atoms with E-state index in [1.165, 1.54) is 0 Å². The van der Waals surface area contributed by atoms with Gasteiger partial charge in [-0.2, -0.15) is 0 Å². The second kappa shape index (κ2) is 8.54. The molecule has 1 aliphatic heterocycles. The minimum atomic E-state index is -0.0656. The van der Waals surface area contributed by atoms with Gasteiger partial charge in [-0.05, 0) is 31.2 Å². The van der Waals surface area contributed by atoms with E-state index in [4.69, 9.17) is 4.74 Å². The van der Waals surface area contributed by atoms with Gasteiger partial charge in [0.05, 0.1) is 16.9 Å². The van der Waals surface area contributed by atoms with E-state index >= 15 is 0 Å². The van der Waals surface area contributed by atoms with E-state index in [1.54, 1.807) is 0 Å². The molecule has 0 amide bonds. The smallest absolute Gasteiger partial charge is 0.258 e. The lowest BCUT2D eigenvalue weighted by Crippen LogP contribution is -2.48. The van der Waals surface area contributed by atoms with E-state index < -0.39 is 0 Å². The molecule has 6 heteroatoms. The van der Waals surface area contributed by atoms with Crippen LogP contribution >= 0.6 is 0 Å². The first kappa shape index (κ1) is 18.7. The second-order valence-electron chi connectivity index (χ2n) is 7.18. The van der Waals surface area contributed by atoms with Crippen LogP contribution in [-0.2, 0) is 0 Å². The lowest BCUT2D eigenvalue weighted by molar-refractivity contribution is 0.0891. The van der Waals surface area contributed by atoms with Crippen molar-refractivity contribution in [2.45, 2.75) is 13.0 Å². The molecule has 2 aromatic carbocycles. The number of nitrogens with one attached hydrogen (secondary N) is 1. The molecule has 0 spiro atoms. The predicted octanol–water partition coefficient (Wildman–Crippen LogP) is 2.68. The average molecular weight is 378 g/mol. The zero-order chi connectivity index (χ0) is 19.3. The summed E-state index contributed by atoms with van der Waals surface area (Å²) in [5.74, 6) is 1.66. The van der Waals surface area contributed by atoms with Crippen LogP contribution in [0.25, 0.3) is 10.9 Å². The van der Waals surface area contributed by atoms with E-state index in [2.05, 4.69) is 26.7 Å². The Kier molecular flexibility index (Phi) is 5.69. The Balaban J connectivity index is 1.31. The molecule has 3 aromatic rings. The van der Waals surface area contributed by atoms with E-state index in [0.29, 0.717) is 12.0 Å². The molecule has 0 bridgehead atoms. The third-order valence-corrected chi connectivity index (χ3v) is 5.40. The van der Waals surface area contributed by atoms with Crippen LogP contribution in [-0.4, -0.2) is 59.1 Å². The number of hydrogen-bond donors (Lipinski definition) is 1. The summed E-state index contributed by atoms with van der Waals surface area (Å²) in [7, 11) is 0. The summed E-state index contributed by atoms with van der Waals surface area (Å²) < 4.78 is 5.80. The van der Waals surface area contributed by atoms with E-state index in [0.717, 1.165) is 49.8 Å². The number of hydrogen-bond acceptors (Lipinski definition) is 5. The zero-order valence-corrected chi connectivity index (χ0v) is 16.2. The fourth-order valence-electron chi connectivity index (χ4n) is 3.66. The van der Waals surface area contributed by atoms with Gasteiger partial charge in [-0.25, -0.2) is 4.98 Å². The molecule has 1 saturated heterocycles. The van der Waals surface area contributed by atoms with Crippen molar-refractivity contribution in [3.05, 3.63) is 70.8 Å². The molecule has 1 N–H and O–H groups in total. The Morgan fingerprint density at radius 1 is 1.04 bits per heavy atom. The summed E-state index contributed by atoms with van der Waals surface area (Å²) >= 11 is 0. The number of nitrogens with zero attached hydrogens (tertiary/aromatic N) is 3. The molecule has 146 valence electrons. The van der Waals surface area contributed by atoms with Crippen molar-refractivity contribution in [1.82, 2.24) is 19.8 Å². The van der Waals surface area contributed by atoms with Crippen LogP contribution in [0.4, 0.5) is 0 Å². The van der Waals surface area contributed by atoms with Gasteiger partial charge in [-0.1, -0.05) is 30.3 Å². The number of aromatic amines is 1. The topological polar surface area (TPSA) is 61.5 Å². The molecule has 2 heterocycles. The molecular weight excluding hydrogens is 352 g/mol. The molecule has 6 nitrogen and oxygen atoms in total. The maximum Gasteiger partial charge on any atom is 0.258 e. The van der Waals surface area contributed by atoms with Crippen LogP contribution in [0.1, 0.15) is 18.8 Å². The van der Waals surface area contributed by atoms with Crippen LogP contribution in [0.15, 0.2) is 59.4 Å². The van der Waals surface area contributed by atoms with Crippen LogP contribution < -0.4 is 10.3 Å². The molecule has 28 heavy (non-hydrogen) atoms. The van der Waals surface area contributed by atoms with Crippen molar-refractivity contribution in [1.29, 1.82) is 0 Å². The van der Waals surface area contributed by atoms with Crippen LogP contribution in [0.5, 0.6) is 5.75 Å². The number of ether oxygens (including phenoxy) is 1. The van der Waals surface area contributed by atoms with E-state index in [9.17, 15) is 4.79 Å². The number of aromatic nitrogens is 2. The molecule has 1 aliphatic rings. The summed E-state index contributed by atoms with van der Waals surface area (Å²) in [4.78, 5) is 24.8. The number of fused-ring (bicyclic) bond motifs is 1. The van der Waals surface area contributed by atoms with Crippen molar-refractivity contribution in [3.63, 3.8) is 0 Å². The molecular formula is C22H26N4O2. The highest BCUT2D eigenvalue weighted by Crippen LogP contribution is 2.19. The largest absolute Gasteiger partial charge is 0.492 e. The number of para-hydroxylation sites is 2. The van der Waals surface area contributed by atoms with Crippen molar-refractivity contribution < 1.29 is 4.74 Å². The molecule has 0 radical (unpaired) electrons. The number of rotatable bonds is 6. The Labute approximate surface area is 164 Å². The number of benzene rings is 2. The molecule has 0 saturated carbocycles. The lowest BCUT2D eigenvalue weighted by atomic mass is 10.2. The van der Waals surface area contributed by atoms with Gasteiger partial charge in [0.25, 0.3) is 5.56 Å². The first-order chi connectivity index (χ1) is 13.7. The van der Waals surface area contributed by atoms with Crippen molar-refractivity contribution in [2.24, 2.45) is 0 Å². The summed E-state index contributed by atoms with van der Waals surface area (Å²) in [5, 5.41) is 0.640. The van der Waals surface area contributed by atoms with Gasteiger partial charge in [0.15, 0.2) is 0 Å². The van der Waals surface area contributed by atoms with Crippen molar-refractivity contribution in [3.8, 4) is 5.75 Å². The van der Waals surface area contributed by atoms with Crippen molar-refractivity contribution >= 4 is 10.9 Å². The lowest BCUT2D eigenvalue weighted by Gasteiger charge is -2.37. The maximum absolute atomic E-state index is 12.3. The SMILES string of the molecule is C[C@H](c1nc2ccccc2c(=O)[nH]1)N1CCN(CCOc2ccccc2)CC1. The van der Waals surface area contributed by atoms with Crippen LogP contribution in [0, 0.1) is 0 Å². The van der Waals surface area contributed by atoms with Gasteiger partial charge in [0.2, 0.25) is 0 Å². The van der Waals surface area contributed by atoms with Gasteiger partial charge in [-0.3, -0.25) is 14.6 Å². The molecule has 1 atom stereocenters. The van der Waals surface area contributed by atoms with E-state index in [-0.39, 0.29) is 11.6 Å². The molecule has 1 aromatic heterocycles. The van der Waals surface area contributed by atoms with Crippen molar-refractivity contribution in [2.75, 3.05) is 39.3 Å². The Morgan fingerprint density at radius 2 is 1.75 bits per heavy atom. The third-order valence-electron chi connectivity index (χ3n) is 5.40. The highest BCUT2D eigenvalue weighted by atomic mass is 16.5. The zero-order valence-electron chi connectivity index (χ0n) is 16.2. The fraction of sp³-hybridized carbons (Fsp3) is 0.364. The normalized spacial score (nSPS) is 16.9. The maximum atomic E-state index is 12.3. The molecule has 4 rings (SSSR count). The average Bonchev–Trinajstić information content (AvgIpc) is 2.74. The summed E-state index contributed by atoms with van der Waals surface area (Å²) in [6, 6.07) is 17.5. The van der Waals surface area contributed by atoms with E-state index in [1.807, 2.05) is 54.6 Å². The van der Waals surface area contributed by atoms with Crippen LogP contribution in [0.2, 0.25) is 0 Å². The Bertz CT molecular complexity index is 965. The second-order valence-corrected chi connectivity index (χ2v) is 7.18. The number of H-pyrrole nitrogens is 1. The quantitative estimate of drug-likeness (QED) is 0.715. The van der Waals surface area contributed by atoms with Gasteiger partial charge in [0, 0.05) is 32.7 Å². The first-order valence-electron chi connectivity index (χ1n) is 9.84. The monoisotopic (exact) mass is 378 g/mol. The Hall–Kier alpha value is -2.70. The number of piperazine rings is 1. The molecule has 0 aliphatic carbocycles. The first-order valence-corrected chi connectivity index (χ1v) is 9.84. The minimum Gasteiger partial charge on any atom is -0.492 e. The van der Waals surface area contributed by atoms with Gasteiger partial charge in [-0.15, -0.1) is 0 Å². The minimum absolute atomic E-state index is 0.0656. The predicted molar refractivity (Wildman–Crippen MR) is 111 cm³/mol. The highest BCUT2D eigenvalue weighted by molar-refractivity contribution is 5.77. The third kappa shape index (κ3) is 4.24. The summed E-state index contributed by atoms with van der Waals surface area (Å²) in [6.45, 7) is 7.59. The van der Waals surface area contributed by atoms with Gasteiger partial charge < -0.3 is 9.72 Å². The highest BCUT2D eigenvalue weighted by Gasteiger charge is 2.23. The Morgan fingerprint density at radius 3 is 2.54 bits per heavy atom. The standard InChI is InChI=1S/C22H26N4O2/c1-17(21-23-20-10-6-5-9-19(20)22(27)24-21)26-13-11-25(12-14-26)15-16-28-18-7-3-2-4-8-18/h2-10,17H,11-16H2,1H3,(H,23,24,27)/t17-/m1/s1. The summed E-state index contributed by atoms with van der Waals surface area (Å²) in [6.07, 6.45) is 0. The van der Waals surface area contributed by atoms with Crippen LogP contribution in [0.3, 0.4) is 0 Å². The fourth-order valence-corrected chi connectivity index (χ4v) is 3.66. The van der Waals surface area contributed by atoms with Gasteiger partial charge in [0.1, 0.15) is 18.2 Å². The van der Waals surface area contributed by atoms with Gasteiger partial charge >= 0.3 is 0 Å². The molecule has 0 unspecified atom stereocenters.